The summed E-state index contributed by atoms with van der Waals surface area (Å²) in [6.45, 7) is 3.87. The number of hydrogen-bond donors (Lipinski definition) is 2. The maximum Gasteiger partial charge on any atom is 0.407 e. The average Bonchev–Trinajstić information content (AvgIpc) is 3.07. The van der Waals surface area contributed by atoms with Crippen molar-refractivity contribution < 1.29 is 24.2 Å². The van der Waals surface area contributed by atoms with E-state index in [1.165, 1.54) is 11.9 Å². The zero-order valence-electron chi connectivity index (χ0n) is 18.7. The molecule has 0 aromatic heterocycles. The first kappa shape index (κ1) is 23.3. The number of hydrogen-bond acceptors (Lipinski definition) is 4. The SMILES string of the molecule is CC(C)CC(CNC(=O)OCC1c2ccccc2-c2ccccc21)C(=O)N(C)CC(=O)O. The summed E-state index contributed by atoms with van der Waals surface area (Å²) in [4.78, 5) is 37.2. The largest absolute Gasteiger partial charge is 0.480 e. The minimum atomic E-state index is -1.08. The molecule has 2 amide bonds. The Labute approximate surface area is 188 Å². The van der Waals surface area contributed by atoms with Gasteiger partial charge in [-0.15, -0.1) is 0 Å². The molecule has 1 aliphatic carbocycles. The Morgan fingerprint density at radius 3 is 2.12 bits per heavy atom. The van der Waals surface area contributed by atoms with Crippen LogP contribution >= 0.6 is 0 Å². The molecule has 0 heterocycles. The van der Waals surface area contributed by atoms with Crippen molar-refractivity contribution in [3.8, 4) is 11.1 Å². The number of fused-ring (bicyclic) bond motifs is 3. The summed E-state index contributed by atoms with van der Waals surface area (Å²) >= 11 is 0. The zero-order valence-corrected chi connectivity index (χ0v) is 18.7. The van der Waals surface area contributed by atoms with Gasteiger partial charge in [0.15, 0.2) is 0 Å². The number of ether oxygens (including phenoxy) is 1. The van der Waals surface area contributed by atoms with Gasteiger partial charge in [0.25, 0.3) is 0 Å². The number of nitrogens with zero attached hydrogens (tertiary/aromatic N) is 1. The molecule has 7 heteroatoms. The van der Waals surface area contributed by atoms with E-state index < -0.39 is 18.0 Å². The van der Waals surface area contributed by atoms with Gasteiger partial charge in [0, 0.05) is 19.5 Å². The van der Waals surface area contributed by atoms with E-state index in [2.05, 4.69) is 29.6 Å². The lowest BCUT2D eigenvalue weighted by molar-refractivity contribution is -0.145. The fourth-order valence-corrected chi connectivity index (χ4v) is 4.29. The van der Waals surface area contributed by atoms with Crippen molar-refractivity contribution in [2.75, 3.05) is 26.7 Å². The molecule has 0 fully saturated rings. The second-order valence-corrected chi connectivity index (χ2v) is 8.62. The summed E-state index contributed by atoms with van der Waals surface area (Å²) in [7, 11) is 1.46. The number of carbonyl (C=O) groups excluding carboxylic acids is 2. The predicted octanol–water partition coefficient (Wildman–Crippen LogP) is 3.73. The molecule has 3 rings (SSSR count). The second kappa shape index (κ2) is 10.3. The number of nitrogens with one attached hydrogen (secondary N) is 1. The second-order valence-electron chi connectivity index (χ2n) is 8.62. The molecule has 2 aromatic carbocycles. The molecule has 0 spiro atoms. The lowest BCUT2D eigenvalue weighted by atomic mass is 9.95. The van der Waals surface area contributed by atoms with Crippen LogP contribution in [0.15, 0.2) is 48.5 Å². The smallest absolute Gasteiger partial charge is 0.407 e. The lowest BCUT2D eigenvalue weighted by Gasteiger charge is -2.24. The Morgan fingerprint density at radius 2 is 1.59 bits per heavy atom. The molecule has 1 unspecified atom stereocenters. The third-order valence-electron chi connectivity index (χ3n) is 5.69. The van der Waals surface area contributed by atoms with Crippen molar-refractivity contribution in [2.24, 2.45) is 11.8 Å². The number of likely N-dealkylation sites (N-methyl/N-ethyl adjacent to an activating group) is 1. The van der Waals surface area contributed by atoms with E-state index in [-0.39, 0.29) is 37.4 Å². The maximum atomic E-state index is 12.6. The molecule has 1 atom stereocenters. The monoisotopic (exact) mass is 438 g/mol. The molecular weight excluding hydrogens is 408 g/mol. The van der Waals surface area contributed by atoms with E-state index in [1.807, 2.05) is 38.1 Å². The highest BCUT2D eigenvalue weighted by atomic mass is 16.5. The van der Waals surface area contributed by atoms with E-state index >= 15 is 0 Å². The van der Waals surface area contributed by atoms with Gasteiger partial charge in [-0.3, -0.25) is 9.59 Å². The highest BCUT2D eigenvalue weighted by Gasteiger charge is 2.29. The molecule has 7 nitrogen and oxygen atoms in total. The normalized spacial score (nSPS) is 13.2. The van der Waals surface area contributed by atoms with E-state index in [0.717, 1.165) is 22.3 Å². The van der Waals surface area contributed by atoms with Gasteiger partial charge in [0.2, 0.25) is 5.91 Å². The van der Waals surface area contributed by atoms with E-state index in [1.54, 1.807) is 0 Å². The Kier molecular flexibility index (Phi) is 7.51. The number of carboxylic acids is 1. The van der Waals surface area contributed by atoms with Crippen LogP contribution in [0, 0.1) is 11.8 Å². The van der Waals surface area contributed by atoms with E-state index in [0.29, 0.717) is 6.42 Å². The number of alkyl carbamates (subject to hydrolysis) is 1. The van der Waals surface area contributed by atoms with Crippen LogP contribution in [0.3, 0.4) is 0 Å². The summed E-state index contributed by atoms with van der Waals surface area (Å²) in [6.07, 6.45) is -0.0544. The lowest BCUT2D eigenvalue weighted by Crippen LogP contribution is -2.42. The summed E-state index contributed by atoms with van der Waals surface area (Å²) in [6, 6.07) is 16.2. The van der Waals surface area contributed by atoms with Crippen LogP contribution in [0.4, 0.5) is 4.79 Å². The third kappa shape index (κ3) is 5.46. The number of rotatable bonds is 9. The standard InChI is InChI=1S/C25H30N2O5/c1-16(2)12-17(24(30)27(3)14-23(28)29)13-26-25(31)32-15-22-20-10-6-4-8-18(20)19-9-5-7-11-21(19)22/h4-11,16-17,22H,12-15H2,1-3H3,(H,26,31)(H,28,29). The van der Waals surface area contributed by atoms with E-state index in [4.69, 9.17) is 9.84 Å². The van der Waals surface area contributed by atoms with Crippen LogP contribution in [0.1, 0.15) is 37.3 Å². The summed E-state index contributed by atoms with van der Waals surface area (Å²) in [5.41, 5.74) is 4.57. The molecule has 2 N–H and O–H groups in total. The first-order chi connectivity index (χ1) is 15.3. The van der Waals surface area contributed by atoms with Crippen molar-refractivity contribution in [3.63, 3.8) is 0 Å². The first-order valence-corrected chi connectivity index (χ1v) is 10.8. The molecule has 0 aliphatic heterocycles. The number of aliphatic carboxylic acids is 1. The molecule has 32 heavy (non-hydrogen) atoms. The van der Waals surface area contributed by atoms with Crippen molar-refractivity contribution in [1.29, 1.82) is 0 Å². The van der Waals surface area contributed by atoms with Crippen molar-refractivity contribution in [2.45, 2.75) is 26.2 Å². The minimum absolute atomic E-state index is 0.0389. The molecule has 2 aromatic rings. The fraction of sp³-hybridized carbons (Fsp3) is 0.400. The first-order valence-electron chi connectivity index (χ1n) is 10.8. The number of benzene rings is 2. The average molecular weight is 439 g/mol. The summed E-state index contributed by atoms with van der Waals surface area (Å²) < 4.78 is 5.53. The molecule has 0 saturated heterocycles. The number of amides is 2. The molecule has 0 saturated carbocycles. The van der Waals surface area contributed by atoms with Gasteiger partial charge in [0.05, 0.1) is 5.92 Å². The molecular formula is C25H30N2O5. The Hall–Kier alpha value is -3.35. The van der Waals surface area contributed by atoms with Gasteiger partial charge in [-0.25, -0.2) is 4.79 Å². The van der Waals surface area contributed by atoms with Gasteiger partial charge in [0.1, 0.15) is 13.2 Å². The van der Waals surface area contributed by atoms with Crippen LogP contribution in [0.5, 0.6) is 0 Å². The van der Waals surface area contributed by atoms with Crippen LogP contribution in [-0.4, -0.2) is 54.7 Å². The summed E-state index contributed by atoms with van der Waals surface area (Å²) in [5, 5.41) is 11.6. The van der Waals surface area contributed by atoms with Gasteiger partial charge >= 0.3 is 12.1 Å². The van der Waals surface area contributed by atoms with Gasteiger partial charge in [-0.05, 0) is 34.6 Å². The highest BCUT2D eigenvalue weighted by molar-refractivity contribution is 5.83. The minimum Gasteiger partial charge on any atom is -0.480 e. The number of carbonyl (C=O) groups is 3. The molecule has 1 aliphatic rings. The highest BCUT2D eigenvalue weighted by Crippen LogP contribution is 2.44. The fourth-order valence-electron chi connectivity index (χ4n) is 4.29. The molecule has 170 valence electrons. The Balaban J connectivity index is 1.60. The Morgan fingerprint density at radius 1 is 1.03 bits per heavy atom. The van der Waals surface area contributed by atoms with E-state index in [9.17, 15) is 14.4 Å². The zero-order chi connectivity index (χ0) is 23.3. The van der Waals surface area contributed by atoms with Crippen LogP contribution in [-0.2, 0) is 14.3 Å². The third-order valence-corrected chi connectivity index (χ3v) is 5.69. The van der Waals surface area contributed by atoms with Gasteiger partial charge in [-0.2, -0.15) is 0 Å². The molecule has 0 radical (unpaired) electrons. The topological polar surface area (TPSA) is 95.9 Å². The quantitative estimate of drug-likeness (QED) is 0.622. The predicted molar refractivity (Wildman–Crippen MR) is 121 cm³/mol. The van der Waals surface area contributed by atoms with Crippen LogP contribution in [0.2, 0.25) is 0 Å². The van der Waals surface area contributed by atoms with Crippen LogP contribution in [0.25, 0.3) is 11.1 Å². The van der Waals surface area contributed by atoms with Gasteiger partial charge in [-0.1, -0.05) is 62.4 Å². The van der Waals surface area contributed by atoms with Crippen LogP contribution < -0.4 is 5.32 Å². The number of carboxylic acid groups (broad SMARTS) is 1. The Bertz CT molecular complexity index is 942. The van der Waals surface area contributed by atoms with Crippen molar-refractivity contribution in [1.82, 2.24) is 10.2 Å². The van der Waals surface area contributed by atoms with Gasteiger partial charge < -0.3 is 20.1 Å². The van der Waals surface area contributed by atoms with Crippen molar-refractivity contribution in [3.05, 3.63) is 59.7 Å². The maximum absolute atomic E-state index is 12.6. The molecule has 0 bridgehead atoms. The summed E-state index contributed by atoms with van der Waals surface area (Å²) in [5.74, 6) is -1.72. The van der Waals surface area contributed by atoms with Crippen molar-refractivity contribution >= 4 is 18.0 Å².